The summed E-state index contributed by atoms with van der Waals surface area (Å²) in [5, 5.41) is 12.1. The number of anilines is 3. The van der Waals surface area contributed by atoms with Crippen molar-refractivity contribution >= 4 is 93.1 Å². The predicted molar refractivity (Wildman–Crippen MR) is 215 cm³/mol. The minimum Gasteiger partial charge on any atom is -0.456 e. The summed E-state index contributed by atoms with van der Waals surface area (Å²) in [5.41, 5.74) is 8.60. The van der Waals surface area contributed by atoms with Crippen LogP contribution in [0.4, 0.5) is 17.1 Å². The highest BCUT2D eigenvalue weighted by atomic mass is 16.3. The van der Waals surface area contributed by atoms with Crippen LogP contribution in [-0.4, -0.2) is 4.57 Å². The van der Waals surface area contributed by atoms with Crippen LogP contribution >= 0.6 is 0 Å². The summed E-state index contributed by atoms with van der Waals surface area (Å²) in [6, 6.07) is 65.7. The Labute approximate surface area is 293 Å². The summed E-state index contributed by atoms with van der Waals surface area (Å²) in [4.78, 5) is 2.44. The molecule has 0 aliphatic rings. The molecule has 0 saturated heterocycles. The average Bonchev–Trinajstić information content (AvgIpc) is 3.73. The standard InChI is InChI=1S/C48H30N2O/c1-2-13-33(14-3-1)50-43-20-10-8-17-38(43)41-29-34(24-26-44(41)50)49(35-25-27-47-42(30-35)39-18-9-11-21-46(39)51-47)45-28-32-23-22-31-12-4-5-15-36(31)48(32)40-19-7-6-16-37(40)45/h1-30H. The molecule has 0 amide bonds. The quantitative estimate of drug-likeness (QED) is 0.177. The van der Waals surface area contributed by atoms with Gasteiger partial charge in [-0.25, -0.2) is 0 Å². The Balaban J connectivity index is 1.24. The molecule has 0 radical (unpaired) electrons. The molecular weight excluding hydrogens is 621 g/mol. The fraction of sp³-hybridized carbons (Fsp3) is 0. The minimum absolute atomic E-state index is 0.885. The summed E-state index contributed by atoms with van der Waals surface area (Å²) in [6.45, 7) is 0. The highest BCUT2D eigenvalue weighted by Gasteiger charge is 2.21. The summed E-state index contributed by atoms with van der Waals surface area (Å²) in [6.07, 6.45) is 0. The first-order valence-electron chi connectivity index (χ1n) is 17.4. The molecule has 11 aromatic rings. The van der Waals surface area contributed by atoms with Crippen molar-refractivity contribution in [1.82, 2.24) is 4.57 Å². The van der Waals surface area contributed by atoms with Crippen LogP contribution in [0.3, 0.4) is 0 Å². The Morgan fingerprint density at radius 2 is 0.980 bits per heavy atom. The molecule has 2 heterocycles. The Hall–Kier alpha value is -6.84. The van der Waals surface area contributed by atoms with Crippen molar-refractivity contribution in [3.63, 3.8) is 0 Å². The van der Waals surface area contributed by atoms with Crippen molar-refractivity contribution in [3.05, 3.63) is 182 Å². The molecule has 0 saturated carbocycles. The fourth-order valence-electron chi connectivity index (χ4n) is 8.28. The van der Waals surface area contributed by atoms with E-state index in [-0.39, 0.29) is 0 Å². The molecule has 0 atom stereocenters. The molecule has 2 aromatic heterocycles. The molecule has 0 spiro atoms. The van der Waals surface area contributed by atoms with Crippen LogP contribution in [-0.2, 0) is 0 Å². The van der Waals surface area contributed by atoms with Gasteiger partial charge >= 0.3 is 0 Å². The smallest absolute Gasteiger partial charge is 0.135 e. The second-order valence-corrected chi connectivity index (χ2v) is 13.3. The normalized spacial score (nSPS) is 11.9. The average molecular weight is 651 g/mol. The number of nitrogens with zero attached hydrogens (tertiary/aromatic N) is 2. The number of aromatic nitrogens is 1. The molecule has 9 aromatic carbocycles. The van der Waals surface area contributed by atoms with Gasteiger partial charge in [0.2, 0.25) is 0 Å². The van der Waals surface area contributed by atoms with E-state index in [0.717, 1.165) is 44.7 Å². The molecule has 51 heavy (non-hydrogen) atoms. The van der Waals surface area contributed by atoms with Gasteiger partial charge in [-0.05, 0) is 93.7 Å². The lowest BCUT2D eigenvalue weighted by Gasteiger charge is -2.28. The SMILES string of the molecule is c1ccc(-n2c3ccccc3c3cc(N(c4ccc5oc6ccccc6c5c4)c4cc5ccc6ccccc6c5c5ccccc45)ccc32)cc1. The van der Waals surface area contributed by atoms with Crippen molar-refractivity contribution in [1.29, 1.82) is 0 Å². The Kier molecular flexibility index (Phi) is 5.96. The number of hydrogen-bond acceptors (Lipinski definition) is 2. The van der Waals surface area contributed by atoms with Crippen molar-refractivity contribution in [2.75, 3.05) is 4.90 Å². The minimum atomic E-state index is 0.885. The Bertz CT molecular complexity index is 3150. The van der Waals surface area contributed by atoms with Gasteiger partial charge in [0.25, 0.3) is 0 Å². The highest BCUT2D eigenvalue weighted by molar-refractivity contribution is 6.24. The molecule has 3 heteroatoms. The summed E-state index contributed by atoms with van der Waals surface area (Å²) < 4.78 is 8.67. The van der Waals surface area contributed by atoms with E-state index in [4.69, 9.17) is 4.42 Å². The number of furan rings is 1. The molecule has 0 N–H and O–H groups in total. The van der Waals surface area contributed by atoms with E-state index in [1.165, 1.54) is 54.1 Å². The van der Waals surface area contributed by atoms with Crippen LogP contribution in [0.1, 0.15) is 0 Å². The van der Waals surface area contributed by atoms with Gasteiger partial charge in [0.1, 0.15) is 11.2 Å². The van der Waals surface area contributed by atoms with Crippen molar-refractivity contribution in [2.24, 2.45) is 0 Å². The number of fused-ring (bicyclic) bond motifs is 11. The molecule has 0 aliphatic carbocycles. The lowest BCUT2D eigenvalue weighted by molar-refractivity contribution is 0.669. The zero-order valence-electron chi connectivity index (χ0n) is 27.6. The van der Waals surface area contributed by atoms with Crippen molar-refractivity contribution < 1.29 is 4.42 Å². The van der Waals surface area contributed by atoms with E-state index < -0.39 is 0 Å². The summed E-state index contributed by atoms with van der Waals surface area (Å²) >= 11 is 0. The van der Waals surface area contributed by atoms with Crippen LogP contribution in [0, 0.1) is 0 Å². The molecule has 0 aliphatic heterocycles. The van der Waals surface area contributed by atoms with Crippen LogP contribution < -0.4 is 4.90 Å². The zero-order valence-corrected chi connectivity index (χ0v) is 27.6. The van der Waals surface area contributed by atoms with Gasteiger partial charge in [-0.1, -0.05) is 115 Å². The Morgan fingerprint density at radius 1 is 0.373 bits per heavy atom. The first-order valence-corrected chi connectivity index (χ1v) is 17.4. The summed E-state index contributed by atoms with van der Waals surface area (Å²) in [5.74, 6) is 0. The van der Waals surface area contributed by atoms with Gasteiger partial charge in [0.15, 0.2) is 0 Å². The first-order chi connectivity index (χ1) is 25.3. The Morgan fingerprint density at radius 3 is 1.84 bits per heavy atom. The largest absolute Gasteiger partial charge is 0.456 e. The fourth-order valence-corrected chi connectivity index (χ4v) is 8.28. The molecule has 0 fully saturated rings. The molecule has 0 bridgehead atoms. The zero-order chi connectivity index (χ0) is 33.5. The van der Waals surface area contributed by atoms with Gasteiger partial charge in [-0.3, -0.25) is 0 Å². The first kappa shape index (κ1) is 28.0. The number of hydrogen-bond donors (Lipinski definition) is 0. The third kappa shape index (κ3) is 4.19. The van der Waals surface area contributed by atoms with E-state index >= 15 is 0 Å². The number of rotatable bonds is 4. The van der Waals surface area contributed by atoms with Gasteiger partial charge in [-0.2, -0.15) is 0 Å². The van der Waals surface area contributed by atoms with Crippen molar-refractivity contribution in [2.45, 2.75) is 0 Å². The van der Waals surface area contributed by atoms with E-state index in [9.17, 15) is 0 Å². The van der Waals surface area contributed by atoms with Crippen LogP contribution in [0.25, 0.3) is 81.7 Å². The molecule has 0 unspecified atom stereocenters. The number of benzene rings is 9. The third-order valence-electron chi connectivity index (χ3n) is 10.5. The van der Waals surface area contributed by atoms with Gasteiger partial charge in [0, 0.05) is 44.0 Å². The van der Waals surface area contributed by atoms with Crippen LogP contribution in [0.2, 0.25) is 0 Å². The topological polar surface area (TPSA) is 21.3 Å². The third-order valence-corrected chi connectivity index (χ3v) is 10.5. The van der Waals surface area contributed by atoms with Crippen molar-refractivity contribution in [3.8, 4) is 5.69 Å². The van der Waals surface area contributed by atoms with Crippen LogP contribution in [0.15, 0.2) is 186 Å². The lowest BCUT2D eigenvalue weighted by Crippen LogP contribution is -2.10. The maximum Gasteiger partial charge on any atom is 0.135 e. The monoisotopic (exact) mass is 650 g/mol. The van der Waals surface area contributed by atoms with Gasteiger partial charge in [-0.15, -0.1) is 0 Å². The summed E-state index contributed by atoms with van der Waals surface area (Å²) in [7, 11) is 0. The second-order valence-electron chi connectivity index (χ2n) is 13.3. The molecule has 238 valence electrons. The number of para-hydroxylation sites is 3. The molecule has 11 rings (SSSR count). The molecular formula is C48H30N2O. The van der Waals surface area contributed by atoms with Crippen LogP contribution in [0.5, 0.6) is 0 Å². The lowest BCUT2D eigenvalue weighted by atomic mass is 9.94. The van der Waals surface area contributed by atoms with E-state index in [1.807, 2.05) is 12.1 Å². The maximum absolute atomic E-state index is 6.30. The maximum atomic E-state index is 6.30. The second kappa shape index (κ2) is 10.8. The highest BCUT2D eigenvalue weighted by Crippen LogP contribution is 2.46. The van der Waals surface area contributed by atoms with E-state index in [2.05, 4.69) is 179 Å². The predicted octanol–water partition coefficient (Wildman–Crippen LogP) is 13.6. The van der Waals surface area contributed by atoms with Gasteiger partial charge < -0.3 is 13.9 Å². The van der Waals surface area contributed by atoms with Gasteiger partial charge in [0.05, 0.1) is 16.7 Å². The van der Waals surface area contributed by atoms with E-state index in [0.29, 0.717) is 0 Å². The molecule has 3 nitrogen and oxygen atoms in total. The van der Waals surface area contributed by atoms with E-state index in [1.54, 1.807) is 0 Å².